The number of nitrogen functional groups attached to an aromatic ring is 1. The molecule has 0 saturated carbocycles. The summed E-state index contributed by atoms with van der Waals surface area (Å²) in [7, 11) is 0. The topological polar surface area (TPSA) is 156 Å². The molecule has 0 saturated heterocycles. The highest BCUT2D eigenvalue weighted by Gasteiger charge is 2.24. The van der Waals surface area contributed by atoms with Crippen molar-refractivity contribution in [3.8, 4) is 0 Å². The predicted molar refractivity (Wildman–Crippen MR) is 134 cm³/mol. The first-order valence-corrected chi connectivity index (χ1v) is 11.3. The molecule has 0 aliphatic heterocycles. The second-order valence-electron chi connectivity index (χ2n) is 7.91. The molecule has 3 aromatic rings. The van der Waals surface area contributed by atoms with Crippen LogP contribution in [0.4, 0.5) is 22.9 Å². The maximum absolute atomic E-state index is 13.3. The Morgan fingerprint density at radius 2 is 1.83 bits per heavy atom. The Labute approximate surface area is 201 Å². The van der Waals surface area contributed by atoms with Gasteiger partial charge < -0.3 is 16.0 Å². The van der Waals surface area contributed by atoms with E-state index in [9.17, 15) is 24.5 Å². The van der Waals surface area contributed by atoms with E-state index in [-0.39, 0.29) is 42.4 Å². The number of para-hydroxylation sites is 2. The van der Waals surface area contributed by atoms with Crippen molar-refractivity contribution in [2.75, 3.05) is 22.5 Å². The van der Waals surface area contributed by atoms with E-state index in [1.165, 1.54) is 15.5 Å². The highest BCUT2D eigenvalue weighted by atomic mass is 16.6. The van der Waals surface area contributed by atoms with Gasteiger partial charge in [-0.3, -0.25) is 29.3 Å². The Morgan fingerprint density at radius 3 is 2.51 bits per heavy atom. The number of nitro groups is 1. The number of carbonyl (C=O) groups excluding carboxylic acids is 1. The number of carbonyl (C=O) groups is 1. The Balaban J connectivity index is 1.91. The summed E-state index contributed by atoms with van der Waals surface area (Å²) in [4.78, 5) is 52.7. The van der Waals surface area contributed by atoms with Gasteiger partial charge in [-0.25, -0.2) is 4.79 Å². The van der Waals surface area contributed by atoms with Crippen LogP contribution in [0.3, 0.4) is 0 Å². The zero-order chi connectivity index (χ0) is 25.4. The van der Waals surface area contributed by atoms with Gasteiger partial charge in [0, 0.05) is 25.6 Å². The number of benzene rings is 2. The number of hydrogen-bond acceptors (Lipinski definition) is 7. The number of aromatic nitrogens is 2. The summed E-state index contributed by atoms with van der Waals surface area (Å²) in [5, 5.41) is 14.1. The van der Waals surface area contributed by atoms with Crippen molar-refractivity contribution in [1.82, 2.24) is 9.55 Å². The lowest BCUT2D eigenvalue weighted by Gasteiger charge is -2.25. The summed E-state index contributed by atoms with van der Waals surface area (Å²) < 4.78 is 1.26. The molecule has 1 heterocycles. The largest absolute Gasteiger partial charge is 0.383 e. The number of anilines is 3. The van der Waals surface area contributed by atoms with Crippen LogP contribution in [0.5, 0.6) is 0 Å². The maximum atomic E-state index is 13.3. The summed E-state index contributed by atoms with van der Waals surface area (Å²) >= 11 is 0. The molecule has 11 nitrogen and oxygen atoms in total. The predicted octanol–water partition coefficient (Wildman–Crippen LogP) is 2.86. The number of nitrogens with one attached hydrogen (secondary N) is 2. The van der Waals surface area contributed by atoms with E-state index < -0.39 is 22.1 Å². The van der Waals surface area contributed by atoms with Crippen LogP contribution in [0.1, 0.15) is 31.7 Å². The molecule has 0 radical (unpaired) electrons. The Kier molecular flexibility index (Phi) is 8.38. The summed E-state index contributed by atoms with van der Waals surface area (Å²) in [5.41, 5.74) is 5.71. The van der Waals surface area contributed by atoms with Gasteiger partial charge in [0.1, 0.15) is 11.5 Å². The minimum Gasteiger partial charge on any atom is -0.383 e. The first-order chi connectivity index (χ1) is 16.8. The fourth-order valence-corrected chi connectivity index (χ4v) is 3.66. The molecule has 0 unspecified atom stereocenters. The second-order valence-corrected chi connectivity index (χ2v) is 7.91. The molecular weight excluding hydrogens is 452 g/mol. The van der Waals surface area contributed by atoms with Crippen LogP contribution in [0.15, 0.2) is 64.2 Å². The molecule has 3 rings (SSSR count). The van der Waals surface area contributed by atoms with E-state index in [4.69, 9.17) is 5.73 Å². The number of hydrogen-bond donors (Lipinski definition) is 3. The molecule has 0 bridgehead atoms. The Bertz CT molecular complexity index is 1300. The molecule has 0 atom stereocenters. The van der Waals surface area contributed by atoms with Crippen molar-refractivity contribution in [2.24, 2.45) is 0 Å². The van der Waals surface area contributed by atoms with Crippen LogP contribution < -0.4 is 27.2 Å². The van der Waals surface area contributed by atoms with Gasteiger partial charge in [-0.05, 0) is 18.1 Å². The van der Waals surface area contributed by atoms with Crippen molar-refractivity contribution in [3.05, 3.63) is 91.1 Å². The van der Waals surface area contributed by atoms with Crippen molar-refractivity contribution >= 4 is 28.8 Å². The quantitative estimate of drug-likeness (QED) is 0.281. The fourth-order valence-electron chi connectivity index (χ4n) is 3.66. The minimum atomic E-state index is -0.754. The fraction of sp³-hybridized carbons (Fsp3) is 0.292. The number of nitrogens with zero attached hydrogens (tertiary/aromatic N) is 3. The molecule has 0 aliphatic rings. The first kappa shape index (κ1) is 25.2. The number of aromatic amines is 1. The molecule has 4 N–H and O–H groups in total. The highest BCUT2D eigenvalue weighted by Crippen LogP contribution is 2.24. The average molecular weight is 481 g/mol. The van der Waals surface area contributed by atoms with Gasteiger partial charge in [-0.2, -0.15) is 0 Å². The van der Waals surface area contributed by atoms with Gasteiger partial charge in [0.25, 0.3) is 11.2 Å². The van der Waals surface area contributed by atoms with Gasteiger partial charge in [0.05, 0.1) is 11.5 Å². The van der Waals surface area contributed by atoms with Crippen LogP contribution in [0, 0.1) is 10.1 Å². The summed E-state index contributed by atoms with van der Waals surface area (Å²) in [5.74, 6) is -0.513. The van der Waals surface area contributed by atoms with Crippen molar-refractivity contribution in [1.29, 1.82) is 0 Å². The van der Waals surface area contributed by atoms with Crippen molar-refractivity contribution < 1.29 is 9.72 Å². The highest BCUT2D eigenvalue weighted by molar-refractivity contribution is 5.95. The summed E-state index contributed by atoms with van der Waals surface area (Å²) in [6.07, 6.45) is 1.40. The Hall–Kier alpha value is -4.41. The van der Waals surface area contributed by atoms with Gasteiger partial charge in [0.2, 0.25) is 5.91 Å². The van der Waals surface area contributed by atoms with Crippen LogP contribution in [-0.4, -0.2) is 26.9 Å². The number of amides is 1. The number of H-pyrrole nitrogens is 1. The van der Waals surface area contributed by atoms with Crippen LogP contribution in [0.25, 0.3) is 0 Å². The van der Waals surface area contributed by atoms with Gasteiger partial charge in [0.15, 0.2) is 5.69 Å². The van der Waals surface area contributed by atoms with E-state index in [2.05, 4.69) is 10.3 Å². The van der Waals surface area contributed by atoms with E-state index in [1.807, 2.05) is 37.3 Å². The number of nitro benzene ring substituents is 1. The third-order valence-electron chi connectivity index (χ3n) is 5.46. The number of rotatable bonds is 11. The monoisotopic (exact) mass is 480 g/mol. The standard InChI is InChI=1S/C24H28N6O5/c1-2-3-15-28-22(25)21(23(32)27-24(28)33)29(16-17-9-5-4-6-10-17)20(31)13-14-26-18-11-7-8-12-19(18)30(34)35/h4-12,26H,2-3,13-16,25H2,1H3,(H,27,32,33). The SMILES string of the molecule is CCCCn1c(N)c(N(Cc2ccccc2)C(=O)CCNc2ccccc2[N+](=O)[O-])c(=O)[nH]c1=O. The molecule has 35 heavy (non-hydrogen) atoms. The third kappa shape index (κ3) is 6.14. The lowest BCUT2D eigenvalue weighted by Crippen LogP contribution is -2.41. The Morgan fingerprint density at radius 1 is 1.14 bits per heavy atom. The normalized spacial score (nSPS) is 10.7. The molecule has 11 heteroatoms. The van der Waals surface area contributed by atoms with Crippen molar-refractivity contribution in [2.45, 2.75) is 39.3 Å². The smallest absolute Gasteiger partial charge is 0.330 e. The molecule has 1 amide bonds. The van der Waals surface area contributed by atoms with E-state index in [0.29, 0.717) is 13.0 Å². The first-order valence-electron chi connectivity index (χ1n) is 11.3. The molecule has 0 fully saturated rings. The number of unbranched alkanes of at least 4 members (excludes halogenated alkanes) is 1. The zero-order valence-electron chi connectivity index (χ0n) is 19.4. The molecule has 1 aromatic heterocycles. The van der Waals surface area contributed by atoms with E-state index in [1.54, 1.807) is 18.2 Å². The van der Waals surface area contributed by atoms with Crippen molar-refractivity contribution in [3.63, 3.8) is 0 Å². The van der Waals surface area contributed by atoms with Gasteiger partial charge in [-0.1, -0.05) is 55.8 Å². The van der Waals surface area contributed by atoms with E-state index in [0.717, 1.165) is 12.0 Å². The maximum Gasteiger partial charge on any atom is 0.330 e. The molecule has 2 aromatic carbocycles. The number of nitrogens with two attached hydrogens (primary N) is 1. The van der Waals surface area contributed by atoms with Crippen LogP contribution in [-0.2, 0) is 17.9 Å². The molecule has 0 spiro atoms. The molecule has 184 valence electrons. The van der Waals surface area contributed by atoms with E-state index >= 15 is 0 Å². The second kappa shape index (κ2) is 11.6. The zero-order valence-corrected chi connectivity index (χ0v) is 19.4. The van der Waals surface area contributed by atoms with Crippen LogP contribution >= 0.6 is 0 Å². The average Bonchev–Trinajstić information content (AvgIpc) is 2.84. The molecular formula is C24H28N6O5. The summed E-state index contributed by atoms with van der Waals surface area (Å²) in [6, 6.07) is 15.2. The lowest BCUT2D eigenvalue weighted by molar-refractivity contribution is -0.384. The molecule has 0 aliphatic carbocycles. The van der Waals surface area contributed by atoms with Gasteiger partial charge in [-0.15, -0.1) is 0 Å². The van der Waals surface area contributed by atoms with Crippen LogP contribution in [0.2, 0.25) is 0 Å². The lowest BCUT2D eigenvalue weighted by atomic mass is 10.2. The van der Waals surface area contributed by atoms with Gasteiger partial charge >= 0.3 is 5.69 Å². The minimum absolute atomic E-state index is 0.0599. The third-order valence-corrected chi connectivity index (χ3v) is 5.46. The summed E-state index contributed by atoms with van der Waals surface area (Å²) in [6.45, 7) is 2.41.